The van der Waals surface area contributed by atoms with Crippen LogP contribution in [0.5, 0.6) is 0 Å². The van der Waals surface area contributed by atoms with E-state index in [0.29, 0.717) is 0 Å². The zero-order valence-electron chi connectivity index (χ0n) is 27.9. The van der Waals surface area contributed by atoms with Gasteiger partial charge in [0, 0.05) is 66.2 Å². The lowest BCUT2D eigenvalue weighted by atomic mass is 9.97. The molecule has 244 valence electrons. The average Bonchev–Trinajstić information content (AvgIpc) is 3.90. The van der Waals surface area contributed by atoms with Crippen LogP contribution in [0.15, 0.2) is 176 Å². The fourth-order valence-electron chi connectivity index (χ4n) is 8.00. The number of hydrogen-bond acceptors (Lipinski definition) is 4. The van der Waals surface area contributed by atoms with E-state index in [-0.39, 0.29) is 0 Å². The van der Waals surface area contributed by atoms with Gasteiger partial charge < -0.3 is 4.90 Å². The molecule has 0 unspecified atom stereocenters. The molecule has 0 atom stereocenters. The molecule has 4 heteroatoms. The van der Waals surface area contributed by atoms with Gasteiger partial charge >= 0.3 is 0 Å². The van der Waals surface area contributed by atoms with Crippen LogP contribution in [-0.2, 0) is 0 Å². The minimum Gasteiger partial charge on any atom is -0.309 e. The predicted octanol–water partition coefficient (Wildman–Crippen LogP) is 15.6. The van der Waals surface area contributed by atoms with E-state index in [1.54, 1.807) is 0 Å². The molecule has 0 bridgehead atoms. The highest BCUT2D eigenvalue weighted by Crippen LogP contribution is 2.52. The molecule has 52 heavy (non-hydrogen) atoms. The minimum atomic E-state index is 1.16. The van der Waals surface area contributed by atoms with Crippen LogP contribution in [0.2, 0.25) is 0 Å². The van der Waals surface area contributed by atoms with Gasteiger partial charge in [-0.2, -0.15) is 0 Å². The van der Waals surface area contributed by atoms with E-state index in [0.717, 1.165) is 5.69 Å². The number of anilines is 3. The molecule has 0 saturated heterocycles. The Morgan fingerprint density at radius 1 is 0.327 bits per heavy atom. The second-order valence-electron chi connectivity index (χ2n) is 13.2. The van der Waals surface area contributed by atoms with E-state index in [9.17, 15) is 0 Å². The van der Waals surface area contributed by atoms with E-state index in [1.807, 2.05) is 34.0 Å². The fourth-order valence-corrected chi connectivity index (χ4v) is 11.5. The number of rotatable bonds is 5. The Hall–Kier alpha value is -5.78. The Kier molecular flexibility index (Phi) is 6.84. The van der Waals surface area contributed by atoms with Crippen molar-refractivity contribution in [2.24, 2.45) is 0 Å². The van der Waals surface area contributed by atoms with Crippen molar-refractivity contribution in [3.63, 3.8) is 0 Å². The Bertz CT molecular complexity index is 3130. The second kappa shape index (κ2) is 11.9. The van der Waals surface area contributed by atoms with Gasteiger partial charge in [-0.1, -0.05) is 121 Å². The number of fused-ring (bicyclic) bond motifs is 9. The van der Waals surface area contributed by atoms with Crippen molar-refractivity contribution >= 4 is 112 Å². The van der Waals surface area contributed by atoms with Crippen LogP contribution >= 0.6 is 34.0 Å². The van der Waals surface area contributed by atoms with E-state index in [2.05, 4.69) is 181 Å². The number of nitrogens with zero attached hydrogens (tertiary/aromatic N) is 1. The lowest BCUT2D eigenvalue weighted by Crippen LogP contribution is -2.11. The van der Waals surface area contributed by atoms with Crippen LogP contribution in [0, 0.1) is 0 Å². The first-order valence-electron chi connectivity index (χ1n) is 17.5. The molecule has 0 aliphatic heterocycles. The first-order chi connectivity index (χ1) is 25.8. The molecule has 11 aromatic rings. The molecule has 0 fully saturated rings. The maximum absolute atomic E-state index is 2.55. The Morgan fingerprint density at radius 2 is 0.904 bits per heavy atom. The van der Waals surface area contributed by atoms with Crippen molar-refractivity contribution in [2.75, 3.05) is 4.90 Å². The Balaban J connectivity index is 1.28. The average molecular weight is 716 g/mol. The molecule has 1 nitrogen and oxygen atoms in total. The second-order valence-corrected chi connectivity index (χ2v) is 16.4. The summed E-state index contributed by atoms with van der Waals surface area (Å²) in [6.07, 6.45) is 0. The lowest BCUT2D eigenvalue weighted by molar-refractivity contribution is 1.33. The summed E-state index contributed by atoms with van der Waals surface area (Å²) < 4.78 is 7.82. The van der Waals surface area contributed by atoms with Crippen molar-refractivity contribution in [1.29, 1.82) is 0 Å². The number of hydrogen-bond donors (Lipinski definition) is 0. The van der Waals surface area contributed by atoms with Gasteiger partial charge in [-0.05, 0) is 76.9 Å². The quantitative estimate of drug-likeness (QED) is 0.171. The van der Waals surface area contributed by atoms with Crippen molar-refractivity contribution in [1.82, 2.24) is 0 Å². The van der Waals surface area contributed by atoms with Crippen molar-refractivity contribution in [3.05, 3.63) is 176 Å². The largest absolute Gasteiger partial charge is 0.309 e. The zero-order valence-corrected chi connectivity index (χ0v) is 30.4. The Labute approximate surface area is 312 Å². The van der Waals surface area contributed by atoms with E-state index < -0.39 is 0 Å². The third-order valence-corrected chi connectivity index (χ3v) is 13.8. The maximum atomic E-state index is 2.55. The van der Waals surface area contributed by atoms with Crippen LogP contribution in [0.4, 0.5) is 17.1 Å². The normalized spacial score (nSPS) is 11.8. The summed E-state index contributed by atoms with van der Waals surface area (Å²) in [6.45, 7) is 0. The van der Waals surface area contributed by atoms with Crippen molar-refractivity contribution in [2.45, 2.75) is 0 Å². The summed E-state index contributed by atoms with van der Waals surface area (Å²) in [4.78, 5) is 2.55. The molecule has 0 radical (unpaired) electrons. The van der Waals surface area contributed by atoms with Crippen LogP contribution in [0.25, 0.3) is 82.8 Å². The summed E-state index contributed by atoms with van der Waals surface area (Å²) in [5.41, 5.74) is 8.54. The minimum absolute atomic E-state index is 1.16. The summed E-state index contributed by atoms with van der Waals surface area (Å²) in [5, 5.41) is 7.77. The maximum Gasteiger partial charge on any atom is 0.0555 e. The highest BCUT2D eigenvalue weighted by atomic mass is 32.1. The molecule has 3 aromatic heterocycles. The first-order valence-corrected chi connectivity index (χ1v) is 20.0. The van der Waals surface area contributed by atoms with Gasteiger partial charge in [-0.3, -0.25) is 0 Å². The smallest absolute Gasteiger partial charge is 0.0555 e. The van der Waals surface area contributed by atoms with Gasteiger partial charge in [-0.25, -0.2) is 0 Å². The third-order valence-electron chi connectivity index (χ3n) is 10.3. The molecule has 0 saturated carbocycles. The molecule has 8 aromatic carbocycles. The van der Waals surface area contributed by atoms with Gasteiger partial charge in [-0.15, -0.1) is 34.0 Å². The van der Waals surface area contributed by atoms with Crippen LogP contribution in [0.1, 0.15) is 0 Å². The van der Waals surface area contributed by atoms with E-state index in [4.69, 9.17) is 0 Å². The number of thiophene rings is 3. The van der Waals surface area contributed by atoms with Gasteiger partial charge in [0.2, 0.25) is 0 Å². The molecule has 0 amide bonds. The van der Waals surface area contributed by atoms with Crippen LogP contribution in [-0.4, -0.2) is 0 Å². The van der Waals surface area contributed by atoms with Crippen molar-refractivity contribution < 1.29 is 0 Å². The number of benzene rings is 8. The van der Waals surface area contributed by atoms with Gasteiger partial charge in [0.05, 0.1) is 11.4 Å². The molecule has 11 rings (SSSR count). The van der Waals surface area contributed by atoms with Gasteiger partial charge in [0.15, 0.2) is 0 Å². The fraction of sp³-hybridized carbons (Fsp3) is 0. The van der Waals surface area contributed by atoms with Crippen LogP contribution < -0.4 is 4.90 Å². The summed E-state index contributed by atoms with van der Waals surface area (Å²) in [5.74, 6) is 0. The zero-order chi connectivity index (χ0) is 34.2. The highest BCUT2D eigenvalue weighted by molar-refractivity contribution is 7.27. The molecule has 0 aliphatic carbocycles. The van der Waals surface area contributed by atoms with E-state index >= 15 is 0 Å². The molecule has 0 spiro atoms. The molecule has 0 aliphatic rings. The standard InChI is InChI=1S/C48H29NS3/c1-3-13-30(14-4-1)33-19-11-23-43-46(33)47-38(20-12-24-44(47)51-43)49(32-25-28-42-37(29-32)35-17-7-9-21-40(35)50-42)39-27-26-34(31-15-5-2-6-16-31)48-45(39)36-18-8-10-22-41(36)52-48/h1-29H. The molecule has 0 N–H and O–H groups in total. The van der Waals surface area contributed by atoms with Gasteiger partial charge in [0.25, 0.3) is 0 Å². The SMILES string of the molecule is c1ccc(-c2ccc(N(c3ccc4sc5ccccc5c4c3)c3cccc4sc5cccc(-c6ccccc6)c5c34)c3c2sc2ccccc23)cc1. The predicted molar refractivity (Wildman–Crippen MR) is 231 cm³/mol. The van der Waals surface area contributed by atoms with Gasteiger partial charge in [0.1, 0.15) is 0 Å². The third kappa shape index (κ3) is 4.59. The monoisotopic (exact) mass is 715 g/mol. The molecular formula is C48H29NS3. The highest BCUT2D eigenvalue weighted by Gasteiger charge is 2.25. The van der Waals surface area contributed by atoms with E-state index in [1.165, 1.54) is 94.1 Å². The van der Waals surface area contributed by atoms with Crippen molar-refractivity contribution in [3.8, 4) is 22.3 Å². The lowest BCUT2D eigenvalue weighted by Gasteiger charge is -2.28. The molecule has 3 heterocycles. The molecular weight excluding hydrogens is 687 g/mol. The summed E-state index contributed by atoms with van der Waals surface area (Å²) in [7, 11) is 0. The topological polar surface area (TPSA) is 3.24 Å². The Morgan fingerprint density at radius 3 is 1.69 bits per heavy atom. The summed E-state index contributed by atoms with van der Waals surface area (Å²) in [6, 6.07) is 64.8. The summed E-state index contributed by atoms with van der Waals surface area (Å²) >= 11 is 5.65. The first kappa shape index (κ1) is 29.9. The van der Waals surface area contributed by atoms with Crippen LogP contribution in [0.3, 0.4) is 0 Å².